The molecule has 0 bridgehead atoms. The van der Waals surface area contributed by atoms with Gasteiger partial charge >= 0.3 is 0 Å². The zero-order valence-electron chi connectivity index (χ0n) is 65.6. The minimum absolute atomic E-state index is 0.665. The normalized spacial score (nSPS) is 11.4. The monoisotopic (exact) mass is 1560 g/mol. The Balaban J connectivity index is 0.000000146. The van der Waals surface area contributed by atoms with E-state index in [1.54, 1.807) is 0 Å². The van der Waals surface area contributed by atoms with Crippen LogP contribution in [0.3, 0.4) is 0 Å². The molecule has 0 aliphatic rings. The number of aromatic nitrogens is 12. The van der Waals surface area contributed by atoms with Gasteiger partial charge in [-0.05, 0) is 107 Å². The Kier molecular flexibility index (Phi) is 18.3. The highest BCUT2D eigenvalue weighted by molar-refractivity contribution is 6.05. The zero-order valence-corrected chi connectivity index (χ0v) is 65.6. The number of nitrogens with zero attached hydrogens (tertiary/aromatic N) is 12. The average Bonchev–Trinajstić information content (AvgIpc) is 0.748. The quantitative estimate of drug-likeness (QED) is 0.101. The van der Waals surface area contributed by atoms with Crippen LogP contribution in [0.4, 0.5) is 0 Å². The first kappa shape index (κ1) is 71.8. The van der Waals surface area contributed by atoms with Crippen molar-refractivity contribution in [3.05, 3.63) is 413 Å². The van der Waals surface area contributed by atoms with E-state index < -0.39 is 0 Å². The van der Waals surface area contributed by atoms with E-state index in [1.165, 1.54) is 0 Å². The molecule has 0 unspecified atom stereocenters. The van der Waals surface area contributed by atoms with Gasteiger partial charge in [-0.3, -0.25) is 4.98 Å². The summed E-state index contributed by atoms with van der Waals surface area (Å²) in [6, 6.07) is 140. The van der Waals surface area contributed by atoms with Crippen LogP contribution in [0.5, 0.6) is 0 Å². The van der Waals surface area contributed by atoms with Crippen molar-refractivity contribution in [3.63, 3.8) is 0 Å². The second-order valence-corrected chi connectivity index (χ2v) is 30.3. The fourth-order valence-electron chi connectivity index (χ4n) is 16.1. The number of fused-ring (bicyclic) bond motifs is 10. The van der Waals surface area contributed by atoms with E-state index in [9.17, 15) is 0 Å². The predicted molar refractivity (Wildman–Crippen MR) is 497 cm³/mol. The third kappa shape index (κ3) is 14.3. The third-order valence-corrected chi connectivity index (χ3v) is 22.6. The molecular formula is C110H68N12. The van der Waals surface area contributed by atoms with Crippen LogP contribution in [0, 0.1) is 0 Å². The van der Waals surface area contributed by atoms with Crippen molar-refractivity contribution in [1.29, 1.82) is 0 Å². The summed E-state index contributed by atoms with van der Waals surface area (Å²) in [6.07, 6.45) is 1.82. The summed E-state index contributed by atoms with van der Waals surface area (Å²) in [5.74, 6) is 1.33. The predicted octanol–water partition coefficient (Wildman–Crippen LogP) is 27.0. The van der Waals surface area contributed by atoms with Gasteiger partial charge in [-0.2, -0.15) is 0 Å². The van der Waals surface area contributed by atoms with Gasteiger partial charge in [0.05, 0.1) is 107 Å². The molecule has 13 aromatic carbocycles. The number of hydrogen-bond acceptors (Lipinski definition) is 12. The Labute approximate surface area is 701 Å². The van der Waals surface area contributed by atoms with Crippen LogP contribution < -0.4 is 0 Å². The first-order valence-corrected chi connectivity index (χ1v) is 40.6. The van der Waals surface area contributed by atoms with Gasteiger partial charge in [0.2, 0.25) is 0 Å². The van der Waals surface area contributed by atoms with Gasteiger partial charge in [0.1, 0.15) is 0 Å². The van der Waals surface area contributed by atoms with Crippen molar-refractivity contribution >= 4 is 87.2 Å². The largest absolute Gasteiger partial charge is 0.254 e. The van der Waals surface area contributed by atoms with Gasteiger partial charge in [0.15, 0.2) is 11.6 Å². The van der Waals surface area contributed by atoms with Crippen LogP contribution in [0.15, 0.2) is 413 Å². The maximum Gasteiger partial charge on any atom is 0.160 e. The van der Waals surface area contributed by atoms with Gasteiger partial charge in [0, 0.05) is 99.4 Å². The highest BCUT2D eigenvalue weighted by Crippen LogP contribution is 2.38. The second kappa shape index (κ2) is 31.1. The van der Waals surface area contributed by atoms with Crippen LogP contribution in [0.25, 0.3) is 234 Å². The summed E-state index contributed by atoms with van der Waals surface area (Å²) in [5, 5.41) is 8.56. The summed E-state index contributed by atoms with van der Waals surface area (Å²) in [6.45, 7) is 0. The first-order valence-electron chi connectivity index (χ1n) is 40.6. The van der Waals surface area contributed by atoms with E-state index in [-0.39, 0.29) is 0 Å². The summed E-state index contributed by atoms with van der Waals surface area (Å²) < 4.78 is 0. The lowest BCUT2D eigenvalue weighted by Crippen LogP contribution is -1.97. The number of rotatable bonds is 13. The van der Waals surface area contributed by atoms with Crippen molar-refractivity contribution in [2.75, 3.05) is 0 Å². The molecule has 0 N–H and O–H groups in total. The standard InChI is InChI=1S/C58H36N6.C52H32N6/c1-4-10-37(11-5-1)49-31-28-43-22-23-44-29-32-50(62-57(44)56(43)61-49)40-18-16-39(17-19-40)48-30-26-41-20-24-46(34-52(41)59-48)47-25-21-42-27-33-51(60-53(42)35-47)55-36-54(38-12-6-2-7-13-38)63-58(64-55)45-14-8-3-9-15-45;1-3-8-33(9-4-1)48-32-49(58-52(57-48)40-10-5-2-6-11-40)45-28-24-37-18-22-42(31-47(37)55-45)41-21-17-36-23-26-43(54-46(36)30-41)34-13-15-35(16-14-34)44-27-25-39-20-19-38-12-7-29-53-50(38)51(39)56-44/h1-36H;1-32H. The number of hydrogen-bond donors (Lipinski definition) is 0. The first-order chi connectivity index (χ1) is 60.3. The molecule has 12 heteroatoms. The smallest absolute Gasteiger partial charge is 0.160 e. The molecule has 0 spiro atoms. The molecule has 0 saturated carbocycles. The Morgan fingerprint density at radius 3 is 0.689 bits per heavy atom. The Morgan fingerprint density at radius 2 is 0.352 bits per heavy atom. The lowest BCUT2D eigenvalue weighted by atomic mass is 10.0. The molecule has 568 valence electrons. The van der Waals surface area contributed by atoms with E-state index in [1.807, 2.05) is 152 Å². The molecule has 10 heterocycles. The van der Waals surface area contributed by atoms with Crippen LogP contribution in [-0.4, -0.2) is 59.8 Å². The van der Waals surface area contributed by atoms with Crippen molar-refractivity contribution < 1.29 is 0 Å². The van der Waals surface area contributed by atoms with Crippen LogP contribution in [0.1, 0.15) is 0 Å². The van der Waals surface area contributed by atoms with Crippen LogP contribution >= 0.6 is 0 Å². The van der Waals surface area contributed by atoms with E-state index in [0.717, 1.165) is 222 Å². The molecule has 0 aliphatic carbocycles. The number of benzene rings is 13. The summed E-state index contributed by atoms with van der Waals surface area (Å²) >= 11 is 0. The van der Waals surface area contributed by atoms with Gasteiger partial charge < -0.3 is 0 Å². The average molecular weight is 1560 g/mol. The van der Waals surface area contributed by atoms with E-state index in [0.29, 0.717) is 11.6 Å². The molecule has 0 amide bonds. The van der Waals surface area contributed by atoms with Crippen molar-refractivity contribution in [2.24, 2.45) is 0 Å². The summed E-state index contributed by atoms with van der Waals surface area (Å²) in [7, 11) is 0. The van der Waals surface area contributed by atoms with Crippen molar-refractivity contribution in [3.8, 4) is 147 Å². The highest BCUT2D eigenvalue weighted by Gasteiger charge is 2.19. The van der Waals surface area contributed by atoms with Crippen LogP contribution in [-0.2, 0) is 0 Å². The topological polar surface area (TPSA) is 155 Å². The fourth-order valence-corrected chi connectivity index (χ4v) is 16.1. The van der Waals surface area contributed by atoms with E-state index >= 15 is 0 Å². The Hall–Kier alpha value is -16.7. The van der Waals surface area contributed by atoms with Gasteiger partial charge in [-0.25, -0.2) is 54.8 Å². The number of pyridine rings is 8. The van der Waals surface area contributed by atoms with Gasteiger partial charge in [-0.1, -0.05) is 322 Å². The lowest BCUT2D eigenvalue weighted by Gasteiger charge is -2.10. The molecule has 0 saturated heterocycles. The van der Waals surface area contributed by atoms with Crippen molar-refractivity contribution in [2.45, 2.75) is 0 Å². The summed E-state index contributed by atoms with van der Waals surface area (Å²) in [5.41, 5.74) is 30.2. The maximum absolute atomic E-state index is 5.18. The zero-order chi connectivity index (χ0) is 80.8. The minimum Gasteiger partial charge on any atom is -0.254 e. The molecule has 0 fully saturated rings. The SMILES string of the molecule is c1ccc(-c2cc(-c3ccc4ccc(-c5ccc6ccc(-c7ccc(-c8ccc9ccc%10ccc(-c%11ccccc%11)nc%10c9n8)cc7)nc6c5)cc4n3)nc(-c3ccccc3)n2)cc1.c1ccc(-c2cc(-c3ccc4ccc(-c5ccc6ccc(-c7ccc(-c8ccc9ccc%10cccnc%10c9n8)cc7)nc6c5)cc4n3)nc(-c3ccccc3)n2)cc1. The van der Waals surface area contributed by atoms with Gasteiger partial charge in [0.25, 0.3) is 0 Å². The molecule has 122 heavy (non-hydrogen) atoms. The summed E-state index contributed by atoms with van der Waals surface area (Å²) in [4.78, 5) is 60.5. The second-order valence-electron chi connectivity index (χ2n) is 30.3. The molecule has 0 radical (unpaired) electrons. The third-order valence-electron chi connectivity index (χ3n) is 22.6. The molecule has 0 atom stereocenters. The van der Waals surface area contributed by atoms with Gasteiger partial charge in [-0.15, -0.1) is 0 Å². The minimum atomic E-state index is 0.665. The Morgan fingerprint density at radius 1 is 0.123 bits per heavy atom. The molecule has 12 nitrogen and oxygen atoms in total. The molecule has 0 aliphatic heterocycles. The van der Waals surface area contributed by atoms with E-state index in [2.05, 4.69) is 266 Å². The highest BCUT2D eigenvalue weighted by atomic mass is 14.9. The molecule has 23 rings (SSSR count). The maximum atomic E-state index is 5.18. The molecule has 10 aromatic heterocycles. The molecule has 23 aromatic rings. The van der Waals surface area contributed by atoms with E-state index in [4.69, 9.17) is 54.8 Å². The molecular weight excluding hydrogens is 1490 g/mol. The Bertz CT molecular complexity index is 7860. The van der Waals surface area contributed by atoms with Crippen LogP contribution in [0.2, 0.25) is 0 Å². The fraction of sp³-hybridized carbons (Fsp3) is 0. The lowest BCUT2D eigenvalue weighted by molar-refractivity contribution is 1.17. The van der Waals surface area contributed by atoms with Crippen molar-refractivity contribution in [1.82, 2.24) is 59.8 Å².